The van der Waals surface area contributed by atoms with Crippen LogP contribution in [0.4, 0.5) is 9.18 Å². The van der Waals surface area contributed by atoms with E-state index >= 15 is 0 Å². The Bertz CT molecular complexity index is 799. The molecule has 0 spiro atoms. The molecule has 0 bridgehead atoms. The Morgan fingerprint density at radius 2 is 1.71 bits per heavy atom. The quantitative estimate of drug-likeness (QED) is 0.733. The van der Waals surface area contributed by atoms with Gasteiger partial charge in [0.2, 0.25) is 6.17 Å². The van der Waals surface area contributed by atoms with Gasteiger partial charge in [0.05, 0.1) is 11.1 Å². The number of likely N-dealkylation sites (tertiary alicyclic amines) is 1. The fraction of sp³-hybridized carbons (Fsp3) is 0.474. The van der Waals surface area contributed by atoms with E-state index in [0.29, 0.717) is 0 Å². The summed E-state index contributed by atoms with van der Waals surface area (Å²) in [4.78, 5) is 54.7. The van der Waals surface area contributed by atoms with Gasteiger partial charge in [0, 0.05) is 19.0 Å². The van der Waals surface area contributed by atoms with E-state index in [4.69, 9.17) is 9.57 Å². The lowest BCUT2D eigenvalue weighted by atomic mass is 10.0. The van der Waals surface area contributed by atoms with Crippen LogP contribution < -0.4 is 0 Å². The molecule has 28 heavy (non-hydrogen) atoms. The number of alkyl halides is 1. The molecule has 3 rings (SSSR count). The number of hydroxylamine groups is 2. The van der Waals surface area contributed by atoms with Gasteiger partial charge in [-0.25, -0.2) is 14.0 Å². The molecule has 2 unspecified atom stereocenters. The predicted molar refractivity (Wildman–Crippen MR) is 93.8 cm³/mol. The van der Waals surface area contributed by atoms with Crippen LogP contribution in [0.15, 0.2) is 24.3 Å². The molecular weight excluding hydrogens is 371 g/mol. The van der Waals surface area contributed by atoms with Crippen LogP contribution in [0.25, 0.3) is 0 Å². The number of benzene rings is 1. The van der Waals surface area contributed by atoms with Crippen molar-refractivity contribution < 1.29 is 33.1 Å². The van der Waals surface area contributed by atoms with Gasteiger partial charge in [-0.15, -0.1) is 0 Å². The highest BCUT2D eigenvalue weighted by Gasteiger charge is 2.43. The standard InChI is InChI=1S/C19H21FN2O6/c1-19(2,3)27-18(26)21-9-8-11(10-21)14(20)17(25)28-22-15(23)12-6-4-5-7-13(12)16(22)24/h4-7,11,14H,8-10H2,1-3H3. The minimum Gasteiger partial charge on any atom is -0.444 e. The average molecular weight is 392 g/mol. The van der Waals surface area contributed by atoms with Crippen LogP contribution in [0, 0.1) is 5.92 Å². The number of ether oxygens (including phenoxy) is 1. The number of fused-ring (bicyclic) bond motifs is 1. The molecule has 0 aromatic heterocycles. The Balaban J connectivity index is 1.60. The van der Waals surface area contributed by atoms with Gasteiger partial charge in [-0.3, -0.25) is 9.59 Å². The molecule has 1 aromatic carbocycles. The summed E-state index contributed by atoms with van der Waals surface area (Å²) in [5.41, 5.74) is -0.505. The second-order valence-electron chi connectivity index (χ2n) is 7.74. The first kappa shape index (κ1) is 19.8. The van der Waals surface area contributed by atoms with Crippen LogP contribution in [-0.2, 0) is 14.4 Å². The fourth-order valence-electron chi connectivity index (χ4n) is 3.10. The number of carbonyl (C=O) groups excluding carboxylic acids is 4. The zero-order valence-corrected chi connectivity index (χ0v) is 15.8. The van der Waals surface area contributed by atoms with E-state index in [-0.39, 0.29) is 35.7 Å². The molecule has 1 saturated heterocycles. The molecule has 8 nitrogen and oxygen atoms in total. The van der Waals surface area contributed by atoms with Gasteiger partial charge in [0.25, 0.3) is 11.8 Å². The molecule has 2 aliphatic rings. The highest BCUT2D eigenvalue weighted by Crippen LogP contribution is 2.27. The summed E-state index contributed by atoms with van der Waals surface area (Å²) in [5.74, 6) is -3.79. The number of amides is 3. The van der Waals surface area contributed by atoms with E-state index in [1.165, 1.54) is 17.0 Å². The molecule has 2 heterocycles. The van der Waals surface area contributed by atoms with Gasteiger partial charge >= 0.3 is 12.1 Å². The molecule has 0 radical (unpaired) electrons. The maximum atomic E-state index is 14.6. The topological polar surface area (TPSA) is 93.2 Å². The van der Waals surface area contributed by atoms with E-state index in [1.54, 1.807) is 32.9 Å². The summed E-state index contributed by atoms with van der Waals surface area (Å²) < 4.78 is 19.8. The van der Waals surface area contributed by atoms with Crippen LogP contribution in [0.3, 0.4) is 0 Å². The first-order valence-corrected chi connectivity index (χ1v) is 8.90. The molecular formula is C19H21FN2O6. The SMILES string of the molecule is CC(C)(C)OC(=O)N1CCC(C(F)C(=O)ON2C(=O)c3ccccc3C2=O)C1. The molecule has 1 aromatic rings. The van der Waals surface area contributed by atoms with Crippen molar-refractivity contribution in [3.05, 3.63) is 35.4 Å². The van der Waals surface area contributed by atoms with Crippen molar-refractivity contribution in [3.8, 4) is 0 Å². The number of hydrogen-bond donors (Lipinski definition) is 0. The van der Waals surface area contributed by atoms with E-state index in [2.05, 4.69) is 0 Å². The average Bonchev–Trinajstić information content (AvgIpc) is 3.20. The zero-order chi connectivity index (χ0) is 20.6. The highest BCUT2D eigenvalue weighted by molar-refractivity contribution is 6.20. The van der Waals surface area contributed by atoms with Crippen LogP contribution in [-0.4, -0.2) is 58.7 Å². The fourth-order valence-corrected chi connectivity index (χ4v) is 3.10. The van der Waals surface area contributed by atoms with Crippen molar-refractivity contribution in [2.45, 2.75) is 39.0 Å². The first-order chi connectivity index (χ1) is 13.1. The summed E-state index contributed by atoms with van der Waals surface area (Å²) in [6.07, 6.45) is -2.44. The lowest BCUT2D eigenvalue weighted by molar-refractivity contribution is -0.176. The van der Waals surface area contributed by atoms with Crippen LogP contribution in [0.2, 0.25) is 0 Å². The molecule has 0 aliphatic carbocycles. The van der Waals surface area contributed by atoms with E-state index in [9.17, 15) is 23.6 Å². The lowest BCUT2D eigenvalue weighted by Crippen LogP contribution is -2.39. The van der Waals surface area contributed by atoms with Crippen LogP contribution in [0.5, 0.6) is 0 Å². The lowest BCUT2D eigenvalue weighted by Gasteiger charge is -2.24. The minimum atomic E-state index is -2.09. The van der Waals surface area contributed by atoms with Crippen molar-refractivity contribution >= 4 is 23.9 Å². The smallest absolute Gasteiger partial charge is 0.410 e. The van der Waals surface area contributed by atoms with Crippen LogP contribution in [0.1, 0.15) is 47.9 Å². The highest BCUT2D eigenvalue weighted by atomic mass is 19.1. The Hall–Kier alpha value is -2.97. The summed E-state index contributed by atoms with van der Waals surface area (Å²) >= 11 is 0. The van der Waals surface area contributed by atoms with Gasteiger partial charge in [-0.2, -0.15) is 0 Å². The molecule has 1 fully saturated rings. The van der Waals surface area contributed by atoms with Gasteiger partial charge in [0.15, 0.2) is 0 Å². The predicted octanol–water partition coefficient (Wildman–Crippen LogP) is 2.34. The first-order valence-electron chi connectivity index (χ1n) is 8.90. The summed E-state index contributed by atoms with van der Waals surface area (Å²) in [6.45, 7) is 5.37. The molecule has 3 amide bonds. The van der Waals surface area contributed by atoms with E-state index in [1.807, 2.05) is 0 Å². The normalized spacial score (nSPS) is 20.2. The Labute approximate surface area is 161 Å². The Kier molecular flexibility index (Phi) is 5.10. The summed E-state index contributed by atoms with van der Waals surface area (Å²) in [6, 6.07) is 5.98. The molecule has 150 valence electrons. The number of hydrogen-bond acceptors (Lipinski definition) is 6. The van der Waals surface area contributed by atoms with Crippen molar-refractivity contribution in [2.24, 2.45) is 5.92 Å². The monoisotopic (exact) mass is 392 g/mol. The minimum absolute atomic E-state index is 0.0205. The Morgan fingerprint density at radius 1 is 1.14 bits per heavy atom. The van der Waals surface area contributed by atoms with Crippen molar-refractivity contribution in [3.63, 3.8) is 0 Å². The van der Waals surface area contributed by atoms with Crippen molar-refractivity contribution in [2.75, 3.05) is 13.1 Å². The third-order valence-corrected chi connectivity index (χ3v) is 4.45. The van der Waals surface area contributed by atoms with E-state index < -0.39 is 41.6 Å². The third-order valence-electron chi connectivity index (χ3n) is 4.45. The van der Waals surface area contributed by atoms with E-state index in [0.717, 1.165) is 0 Å². The van der Waals surface area contributed by atoms with Gasteiger partial charge in [-0.1, -0.05) is 17.2 Å². The number of carbonyl (C=O) groups is 4. The molecule has 0 N–H and O–H groups in total. The maximum Gasteiger partial charge on any atom is 0.410 e. The maximum absolute atomic E-state index is 14.6. The molecule has 2 atom stereocenters. The molecule has 0 saturated carbocycles. The summed E-state index contributed by atoms with van der Waals surface area (Å²) in [5, 5.41) is 0.278. The Morgan fingerprint density at radius 3 is 2.25 bits per heavy atom. The second kappa shape index (κ2) is 7.21. The van der Waals surface area contributed by atoms with Gasteiger partial charge in [0.1, 0.15) is 5.60 Å². The van der Waals surface area contributed by atoms with Crippen LogP contribution >= 0.6 is 0 Å². The zero-order valence-electron chi connectivity index (χ0n) is 15.8. The number of nitrogens with zero attached hydrogens (tertiary/aromatic N) is 2. The van der Waals surface area contributed by atoms with Gasteiger partial charge < -0.3 is 14.5 Å². The van der Waals surface area contributed by atoms with Crippen molar-refractivity contribution in [1.29, 1.82) is 0 Å². The number of halogens is 1. The second-order valence-corrected chi connectivity index (χ2v) is 7.74. The molecule has 9 heteroatoms. The van der Waals surface area contributed by atoms with Gasteiger partial charge in [-0.05, 0) is 39.3 Å². The number of imide groups is 1. The van der Waals surface area contributed by atoms with Crippen molar-refractivity contribution in [1.82, 2.24) is 9.96 Å². The largest absolute Gasteiger partial charge is 0.444 e. The summed E-state index contributed by atoms with van der Waals surface area (Å²) in [7, 11) is 0. The molecule has 2 aliphatic heterocycles. The number of rotatable bonds is 3. The third kappa shape index (κ3) is 3.83.